The molecule has 1 aromatic carbocycles. The Bertz CT molecular complexity index is 428. The molecular weight excluding hydrogens is 176 g/mol. The Morgan fingerprint density at radius 2 is 2.29 bits per heavy atom. The van der Waals surface area contributed by atoms with Crippen LogP contribution in [0.2, 0.25) is 0 Å². The number of hydrogen-bond acceptors (Lipinski definition) is 3. The van der Waals surface area contributed by atoms with E-state index < -0.39 is 0 Å². The molecule has 1 N–H and O–H groups in total. The van der Waals surface area contributed by atoms with Gasteiger partial charge >= 0.3 is 0 Å². The Balaban J connectivity index is 2.32. The fourth-order valence-corrected chi connectivity index (χ4v) is 1.38. The van der Waals surface area contributed by atoms with Gasteiger partial charge in [0.25, 0.3) is 0 Å². The molecule has 0 aliphatic heterocycles. The van der Waals surface area contributed by atoms with Crippen LogP contribution in [0.3, 0.4) is 0 Å². The molecule has 0 unspecified atom stereocenters. The first kappa shape index (κ1) is 9.12. The van der Waals surface area contributed by atoms with Gasteiger partial charge in [-0.15, -0.1) is 0 Å². The Morgan fingerprint density at radius 3 is 3.14 bits per heavy atom. The number of hydrogen-bond donors (Lipinski definition) is 1. The third kappa shape index (κ3) is 1.89. The minimum absolute atomic E-state index is 0.697. The highest BCUT2D eigenvalue weighted by Gasteiger charge is 1.95. The summed E-state index contributed by atoms with van der Waals surface area (Å²) in [6, 6.07) is 10.2. The van der Waals surface area contributed by atoms with Crippen molar-refractivity contribution in [1.82, 2.24) is 10.5 Å². The van der Waals surface area contributed by atoms with Gasteiger partial charge in [-0.3, -0.25) is 4.98 Å². The van der Waals surface area contributed by atoms with Crippen LogP contribution in [0, 0.1) is 0 Å². The molecule has 0 spiro atoms. The van der Waals surface area contributed by atoms with Gasteiger partial charge in [-0.05, 0) is 17.7 Å². The third-order valence-electron chi connectivity index (χ3n) is 2.09. The molecule has 0 saturated heterocycles. The normalized spacial score (nSPS) is 10.6. The molecule has 0 aliphatic carbocycles. The largest absolute Gasteiger partial charge is 0.305 e. The summed E-state index contributed by atoms with van der Waals surface area (Å²) in [5.74, 6) is 0. The summed E-state index contributed by atoms with van der Waals surface area (Å²) in [5, 5.41) is 1.16. The van der Waals surface area contributed by atoms with Crippen molar-refractivity contribution in [2.24, 2.45) is 0 Å². The SMILES string of the molecule is CONCc1ccc2cccnc2c1. The predicted molar refractivity (Wildman–Crippen MR) is 55.6 cm³/mol. The molecule has 1 aromatic heterocycles. The summed E-state index contributed by atoms with van der Waals surface area (Å²) >= 11 is 0. The van der Waals surface area contributed by atoms with E-state index in [4.69, 9.17) is 4.84 Å². The maximum atomic E-state index is 4.79. The van der Waals surface area contributed by atoms with Gasteiger partial charge in [-0.25, -0.2) is 0 Å². The fourth-order valence-electron chi connectivity index (χ4n) is 1.38. The molecule has 14 heavy (non-hydrogen) atoms. The first-order valence-corrected chi connectivity index (χ1v) is 4.49. The molecule has 0 saturated carbocycles. The zero-order valence-electron chi connectivity index (χ0n) is 8.03. The van der Waals surface area contributed by atoms with Crippen molar-refractivity contribution in [1.29, 1.82) is 0 Å². The van der Waals surface area contributed by atoms with Crippen LogP contribution in [-0.4, -0.2) is 12.1 Å². The van der Waals surface area contributed by atoms with Gasteiger partial charge in [0.15, 0.2) is 0 Å². The van der Waals surface area contributed by atoms with E-state index in [1.807, 2.05) is 6.07 Å². The number of fused-ring (bicyclic) bond motifs is 1. The highest BCUT2D eigenvalue weighted by atomic mass is 16.6. The van der Waals surface area contributed by atoms with Crippen molar-refractivity contribution in [3.05, 3.63) is 42.1 Å². The molecule has 72 valence electrons. The summed E-state index contributed by atoms with van der Waals surface area (Å²) in [6.07, 6.45) is 1.80. The zero-order chi connectivity index (χ0) is 9.80. The maximum Gasteiger partial charge on any atom is 0.0705 e. The van der Waals surface area contributed by atoms with Crippen LogP contribution in [-0.2, 0) is 11.4 Å². The number of hydroxylamine groups is 1. The van der Waals surface area contributed by atoms with Crippen LogP contribution in [0.5, 0.6) is 0 Å². The monoisotopic (exact) mass is 188 g/mol. The van der Waals surface area contributed by atoms with Gasteiger partial charge in [-0.1, -0.05) is 18.2 Å². The van der Waals surface area contributed by atoms with Crippen LogP contribution in [0.25, 0.3) is 10.9 Å². The van der Waals surface area contributed by atoms with Gasteiger partial charge in [0.05, 0.1) is 12.6 Å². The van der Waals surface area contributed by atoms with Crippen LogP contribution in [0.4, 0.5) is 0 Å². The summed E-state index contributed by atoms with van der Waals surface area (Å²) in [5.41, 5.74) is 4.98. The lowest BCUT2D eigenvalue weighted by Crippen LogP contribution is -2.10. The van der Waals surface area contributed by atoms with E-state index in [1.165, 1.54) is 0 Å². The highest BCUT2D eigenvalue weighted by Crippen LogP contribution is 2.12. The molecule has 3 nitrogen and oxygen atoms in total. The van der Waals surface area contributed by atoms with E-state index in [0.29, 0.717) is 6.54 Å². The third-order valence-corrected chi connectivity index (χ3v) is 2.09. The molecule has 0 amide bonds. The average Bonchev–Trinajstić information content (AvgIpc) is 2.26. The van der Waals surface area contributed by atoms with Gasteiger partial charge in [-0.2, -0.15) is 5.48 Å². The highest BCUT2D eigenvalue weighted by molar-refractivity contribution is 5.78. The quantitative estimate of drug-likeness (QED) is 0.747. The van der Waals surface area contributed by atoms with Crippen molar-refractivity contribution in [3.63, 3.8) is 0 Å². The lowest BCUT2D eigenvalue weighted by Gasteiger charge is -2.03. The van der Waals surface area contributed by atoms with Gasteiger partial charge < -0.3 is 4.84 Å². The topological polar surface area (TPSA) is 34.1 Å². The Kier molecular flexibility index (Phi) is 2.72. The van der Waals surface area contributed by atoms with Gasteiger partial charge in [0.2, 0.25) is 0 Å². The smallest absolute Gasteiger partial charge is 0.0705 e. The summed E-state index contributed by atoms with van der Waals surface area (Å²) in [4.78, 5) is 9.07. The molecule has 0 fully saturated rings. The van der Waals surface area contributed by atoms with E-state index >= 15 is 0 Å². The standard InChI is InChI=1S/C11H12N2O/c1-14-13-8-9-4-5-10-3-2-6-12-11(10)7-9/h2-7,13H,8H2,1H3. The molecule has 3 heteroatoms. The van der Waals surface area contributed by atoms with Crippen LogP contribution in [0.15, 0.2) is 36.5 Å². The van der Waals surface area contributed by atoms with Crippen LogP contribution in [0.1, 0.15) is 5.56 Å². The summed E-state index contributed by atoms with van der Waals surface area (Å²) in [6.45, 7) is 0.697. The van der Waals surface area contributed by atoms with E-state index in [0.717, 1.165) is 16.5 Å². The number of pyridine rings is 1. The second kappa shape index (κ2) is 4.17. The number of aromatic nitrogens is 1. The van der Waals surface area contributed by atoms with Crippen molar-refractivity contribution in [3.8, 4) is 0 Å². The minimum Gasteiger partial charge on any atom is -0.305 e. The van der Waals surface area contributed by atoms with Crippen molar-refractivity contribution < 1.29 is 4.84 Å². The fraction of sp³-hybridized carbons (Fsp3) is 0.182. The number of nitrogens with one attached hydrogen (secondary N) is 1. The molecule has 0 radical (unpaired) electrons. The van der Waals surface area contributed by atoms with Crippen molar-refractivity contribution in [2.45, 2.75) is 6.54 Å². The van der Waals surface area contributed by atoms with E-state index in [1.54, 1.807) is 13.3 Å². The molecule has 0 aliphatic rings. The zero-order valence-corrected chi connectivity index (χ0v) is 8.03. The molecule has 2 rings (SSSR count). The van der Waals surface area contributed by atoms with E-state index in [-0.39, 0.29) is 0 Å². The Labute approximate surface area is 82.7 Å². The minimum atomic E-state index is 0.697. The van der Waals surface area contributed by atoms with Crippen molar-refractivity contribution in [2.75, 3.05) is 7.11 Å². The molecule has 0 atom stereocenters. The van der Waals surface area contributed by atoms with E-state index in [9.17, 15) is 0 Å². The predicted octanol–water partition coefficient (Wildman–Crippen LogP) is 1.89. The van der Waals surface area contributed by atoms with Crippen molar-refractivity contribution >= 4 is 10.9 Å². The molecule has 1 heterocycles. The first-order chi connectivity index (χ1) is 6.90. The maximum absolute atomic E-state index is 4.79. The van der Waals surface area contributed by atoms with E-state index in [2.05, 4.69) is 34.7 Å². The second-order valence-corrected chi connectivity index (χ2v) is 3.06. The molecule has 0 bridgehead atoms. The lowest BCUT2D eigenvalue weighted by molar-refractivity contribution is 0.0867. The number of benzene rings is 1. The Hall–Kier alpha value is -1.45. The summed E-state index contributed by atoms with van der Waals surface area (Å²) in [7, 11) is 1.61. The number of nitrogens with zero attached hydrogens (tertiary/aromatic N) is 1. The molecular formula is C11H12N2O. The molecule has 2 aromatic rings. The van der Waals surface area contributed by atoms with Crippen LogP contribution < -0.4 is 5.48 Å². The lowest BCUT2D eigenvalue weighted by atomic mass is 10.1. The Morgan fingerprint density at radius 1 is 1.36 bits per heavy atom. The average molecular weight is 188 g/mol. The first-order valence-electron chi connectivity index (χ1n) is 4.49. The summed E-state index contributed by atoms with van der Waals surface area (Å²) < 4.78 is 0. The van der Waals surface area contributed by atoms with Gasteiger partial charge in [0.1, 0.15) is 0 Å². The number of rotatable bonds is 3. The van der Waals surface area contributed by atoms with Gasteiger partial charge in [0, 0.05) is 18.1 Å². The second-order valence-electron chi connectivity index (χ2n) is 3.06. The van der Waals surface area contributed by atoms with Crippen LogP contribution >= 0.6 is 0 Å².